The zero-order chi connectivity index (χ0) is 18.8. The van der Waals surface area contributed by atoms with Crippen LogP contribution in [0.2, 0.25) is 0 Å². The minimum Gasteiger partial charge on any atom is -0.478 e. The highest BCUT2D eigenvalue weighted by atomic mass is 79.9. The van der Waals surface area contributed by atoms with Gasteiger partial charge in [0.05, 0.1) is 12.1 Å². The normalized spacial score (nSPS) is 12.3. The molecular formula is C17H20BrN3O4. The maximum absolute atomic E-state index is 12.0. The van der Waals surface area contributed by atoms with E-state index in [0.717, 1.165) is 5.56 Å². The van der Waals surface area contributed by atoms with Crippen LogP contribution in [0.5, 0.6) is 0 Å². The monoisotopic (exact) mass is 409 g/mol. The number of hydrogen-bond acceptors (Lipinski definition) is 3. The van der Waals surface area contributed by atoms with E-state index in [9.17, 15) is 14.7 Å². The number of carboxylic acid groups (broad SMARTS) is 1. The smallest absolute Gasteiger partial charge is 0.437 e. The molecular weight excluding hydrogens is 390 g/mol. The first kappa shape index (κ1) is 19.0. The lowest BCUT2D eigenvalue weighted by Crippen LogP contribution is -2.29. The third-order valence-electron chi connectivity index (χ3n) is 3.18. The number of aryl methyl sites for hydroxylation is 1. The number of rotatable bonds is 3. The lowest BCUT2D eigenvalue weighted by Gasteiger charge is -2.17. The maximum Gasteiger partial charge on any atom is 0.437 e. The lowest BCUT2D eigenvalue weighted by atomic mass is 10.1. The summed E-state index contributed by atoms with van der Waals surface area (Å²) >= 11 is 3.32. The van der Waals surface area contributed by atoms with E-state index in [1.165, 1.54) is 6.07 Å². The summed E-state index contributed by atoms with van der Waals surface area (Å²) in [6, 6.07) is 4.95. The average molecular weight is 410 g/mol. The van der Waals surface area contributed by atoms with Crippen molar-refractivity contribution in [2.75, 3.05) is 0 Å². The van der Waals surface area contributed by atoms with Gasteiger partial charge in [0.25, 0.3) is 0 Å². The van der Waals surface area contributed by atoms with Gasteiger partial charge in [-0.25, -0.2) is 9.59 Å². The molecule has 0 unspecified atom stereocenters. The van der Waals surface area contributed by atoms with Crippen LogP contribution in [-0.4, -0.2) is 31.9 Å². The number of carbonyl (C=O) groups is 2. The van der Waals surface area contributed by atoms with Gasteiger partial charge in [-0.1, -0.05) is 15.9 Å². The molecule has 7 nitrogen and oxygen atoms in total. The Kier molecular flexibility index (Phi) is 5.52. The molecule has 0 radical (unpaired) electrons. The van der Waals surface area contributed by atoms with Gasteiger partial charge in [-0.3, -0.25) is 0 Å². The van der Waals surface area contributed by atoms with Crippen LogP contribution in [0.4, 0.5) is 4.79 Å². The van der Waals surface area contributed by atoms with Crippen LogP contribution in [0.3, 0.4) is 0 Å². The SMILES string of the molecule is Cn1ccn(Cc2cc(Br)cc(C(=O)O)c2)/c1=N\C(=O)OC(C)(C)C. The van der Waals surface area contributed by atoms with Gasteiger partial charge >= 0.3 is 12.1 Å². The number of aromatic carboxylic acids is 1. The maximum atomic E-state index is 12.0. The summed E-state index contributed by atoms with van der Waals surface area (Å²) in [6.45, 7) is 5.68. The van der Waals surface area contributed by atoms with Gasteiger partial charge < -0.3 is 19.0 Å². The van der Waals surface area contributed by atoms with Crippen molar-refractivity contribution in [2.45, 2.75) is 32.9 Å². The Bertz CT molecular complexity index is 875. The summed E-state index contributed by atoms with van der Waals surface area (Å²) in [5.74, 6) is -1.00. The molecule has 1 N–H and O–H groups in total. The number of ether oxygens (including phenoxy) is 1. The van der Waals surface area contributed by atoms with Gasteiger partial charge in [0.15, 0.2) is 0 Å². The predicted octanol–water partition coefficient (Wildman–Crippen LogP) is 3.17. The van der Waals surface area contributed by atoms with E-state index in [1.54, 1.807) is 55.4 Å². The Hall–Kier alpha value is -2.35. The average Bonchev–Trinajstić information content (AvgIpc) is 2.77. The third kappa shape index (κ3) is 5.32. The highest BCUT2D eigenvalue weighted by Crippen LogP contribution is 2.17. The quantitative estimate of drug-likeness (QED) is 0.843. The number of nitrogens with zero attached hydrogens (tertiary/aromatic N) is 3. The number of halogens is 1. The fraction of sp³-hybridized carbons (Fsp3) is 0.353. The number of carboxylic acids is 1. The molecule has 0 saturated heterocycles. The van der Waals surface area contributed by atoms with Gasteiger partial charge in [-0.15, -0.1) is 4.99 Å². The van der Waals surface area contributed by atoms with Crippen LogP contribution in [-0.2, 0) is 18.3 Å². The van der Waals surface area contributed by atoms with Gasteiger partial charge in [-0.2, -0.15) is 0 Å². The molecule has 134 valence electrons. The molecule has 0 atom stereocenters. The summed E-state index contributed by atoms with van der Waals surface area (Å²) in [5.41, 5.74) is 0.735. The first-order valence-corrected chi connectivity index (χ1v) is 8.37. The third-order valence-corrected chi connectivity index (χ3v) is 3.64. The van der Waals surface area contributed by atoms with Crippen LogP contribution in [0.15, 0.2) is 40.1 Å². The standard InChI is InChI=1S/C17H20BrN3O4/c1-17(2,3)25-16(24)19-15-20(4)5-6-21(15)10-11-7-12(14(22)23)9-13(18)8-11/h5-9H,10H2,1-4H3,(H,22,23)/b19-15-. The van der Waals surface area contributed by atoms with E-state index in [0.29, 0.717) is 16.6 Å². The minimum atomic E-state index is -1.00. The molecule has 1 aromatic heterocycles. The zero-order valence-electron chi connectivity index (χ0n) is 14.5. The molecule has 0 spiro atoms. The molecule has 1 amide bonds. The summed E-state index contributed by atoms with van der Waals surface area (Å²) in [6.07, 6.45) is 2.85. The van der Waals surface area contributed by atoms with E-state index < -0.39 is 17.7 Å². The van der Waals surface area contributed by atoms with Crippen molar-refractivity contribution in [3.8, 4) is 0 Å². The largest absolute Gasteiger partial charge is 0.478 e. The van der Waals surface area contributed by atoms with Gasteiger partial charge in [0.2, 0.25) is 5.62 Å². The Morgan fingerprint density at radius 2 is 1.92 bits per heavy atom. The second-order valence-corrected chi connectivity index (χ2v) is 7.50. The number of benzene rings is 1. The topological polar surface area (TPSA) is 85.8 Å². The zero-order valence-corrected chi connectivity index (χ0v) is 16.1. The van der Waals surface area contributed by atoms with Gasteiger partial charge in [0.1, 0.15) is 5.60 Å². The molecule has 1 aromatic carbocycles. The van der Waals surface area contributed by atoms with Crippen LogP contribution in [0.25, 0.3) is 0 Å². The Morgan fingerprint density at radius 3 is 2.52 bits per heavy atom. The fourth-order valence-electron chi connectivity index (χ4n) is 2.21. The molecule has 0 aliphatic heterocycles. The summed E-state index contributed by atoms with van der Waals surface area (Å²) in [5, 5.41) is 9.17. The fourth-order valence-corrected chi connectivity index (χ4v) is 2.75. The molecule has 1 heterocycles. The number of carbonyl (C=O) groups excluding carboxylic acids is 1. The van der Waals surface area contributed by atoms with E-state index in [1.807, 2.05) is 6.07 Å². The Labute approximate surface area is 153 Å². The van der Waals surface area contributed by atoms with Crippen molar-refractivity contribution in [3.05, 3.63) is 51.8 Å². The molecule has 0 fully saturated rings. The Balaban J connectivity index is 2.37. The van der Waals surface area contributed by atoms with Crippen LogP contribution in [0, 0.1) is 0 Å². The first-order chi connectivity index (χ1) is 11.5. The number of hydrogen-bond donors (Lipinski definition) is 1. The lowest BCUT2D eigenvalue weighted by molar-refractivity contribution is 0.0592. The van der Waals surface area contributed by atoms with E-state index in [4.69, 9.17) is 4.74 Å². The van der Waals surface area contributed by atoms with Crippen molar-refractivity contribution in [1.82, 2.24) is 9.13 Å². The van der Waals surface area contributed by atoms with Crippen molar-refractivity contribution in [3.63, 3.8) is 0 Å². The molecule has 8 heteroatoms. The molecule has 25 heavy (non-hydrogen) atoms. The van der Waals surface area contributed by atoms with Crippen molar-refractivity contribution < 1.29 is 19.4 Å². The highest BCUT2D eigenvalue weighted by molar-refractivity contribution is 9.10. The van der Waals surface area contributed by atoms with Crippen molar-refractivity contribution >= 4 is 28.0 Å². The van der Waals surface area contributed by atoms with E-state index in [-0.39, 0.29) is 5.56 Å². The number of imidazole rings is 1. The second kappa shape index (κ2) is 7.26. The Morgan fingerprint density at radius 1 is 1.24 bits per heavy atom. The minimum absolute atomic E-state index is 0.187. The highest BCUT2D eigenvalue weighted by Gasteiger charge is 2.16. The van der Waals surface area contributed by atoms with Crippen molar-refractivity contribution in [2.24, 2.45) is 12.0 Å². The van der Waals surface area contributed by atoms with Crippen LogP contribution < -0.4 is 5.62 Å². The van der Waals surface area contributed by atoms with Crippen molar-refractivity contribution in [1.29, 1.82) is 0 Å². The van der Waals surface area contributed by atoms with Gasteiger partial charge in [-0.05, 0) is 44.5 Å². The van der Waals surface area contributed by atoms with Crippen LogP contribution >= 0.6 is 15.9 Å². The van der Waals surface area contributed by atoms with E-state index >= 15 is 0 Å². The number of amides is 1. The molecule has 0 bridgehead atoms. The molecule has 0 saturated carbocycles. The molecule has 0 aliphatic rings. The molecule has 0 aliphatic carbocycles. The first-order valence-electron chi connectivity index (χ1n) is 7.57. The number of aromatic nitrogens is 2. The summed E-state index contributed by atoms with van der Waals surface area (Å²) < 4.78 is 9.34. The second-order valence-electron chi connectivity index (χ2n) is 6.58. The van der Waals surface area contributed by atoms with Gasteiger partial charge in [0, 0.05) is 23.9 Å². The molecule has 2 aromatic rings. The van der Waals surface area contributed by atoms with E-state index in [2.05, 4.69) is 20.9 Å². The van der Waals surface area contributed by atoms with Crippen LogP contribution in [0.1, 0.15) is 36.7 Å². The predicted molar refractivity (Wildman–Crippen MR) is 95.4 cm³/mol. The summed E-state index contributed by atoms with van der Waals surface area (Å²) in [4.78, 5) is 27.2. The molecule has 2 rings (SSSR count). The summed E-state index contributed by atoms with van der Waals surface area (Å²) in [7, 11) is 1.77.